The second-order valence-electron chi connectivity index (χ2n) is 10.5. The second kappa shape index (κ2) is 9.62. The molecule has 0 N–H and O–H groups in total. The molecular weight excluding hydrogens is 388 g/mol. The summed E-state index contributed by atoms with van der Waals surface area (Å²) in [5.41, 5.74) is 1.74. The Bertz CT molecular complexity index is 721. The van der Waals surface area contributed by atoms with E-state index < -0.39 is 0 Å². The molecule has 0 unspecified atom stereocenters. The normalized spacial score (nSPS) is 25.1. The van der Waals surface area contributed by atoms with Crippen LogP contribution in [0.15, 0.2) is 4.52 Å². The zero-order chi connectivity index (χ0) is 21.2. The van der Waals surface area contributed by atoms with E-state index in [4.69, 9.17) is 4.52 Å². The lowest BCUT2D eigenvalue weighted by molar-refractivity contribution is 0.0436. The maximum atomic E-state index is 14.1. The van der Waals surface area contributed by atoms with E-state index in [1.807, 2.05) is 0 Å². The molecule has 1 aromatic rings. The SMILES string of the molecule is CN1CCN(Cc2c(C(=O)N(C3CCCCC3)C3CCCCC3)noc2C2CC2)CC1. The van der Waals surface area contributed by atoms with Gasteiger partial charge in [0.25, 0.3) is 5.91 Å². The molecule has 1 saturated heterocycles. The van der Waals surface area contributed by atoms with Crippen LogP contribution in [0.1, 0.15) is 105 Å². The summed E-state index contributed by atoms with van der Waals surface area (Å²) in [4.78, 5) is 21.3. The topological polar surface area (TPSA) is 52.8 Å². The number of piperazine rings is 1. The van der Waals surface area contributed by atoms with Gasteiger partial charge in [-0.15, -0.1) is 0 Å². The number of hydrogen-bond donors (Lipinski definition) is 0. The van der Waals surface area contributed by atoms with Gasteiger partial charge in [0.15, 0.2) is 5.69 Å². The number of hydrogen-bond acceptors (Lipinski definition) is 5. The predicted octanol–water partition coefficient (Wildman–Crippen LogP) is 4.41. The van der Waals surface area contributed by atoms with E-state index in [1.54, 1.807) is 0 Å². The van der Waals surface area contributed by atoms with Crippen LogP contribution in [0.3, 0.4) is 0 Å². The Kier molecular flexibility index (Phi) is 6.65. The summed E-state index contributed by atoms with van der Waals surface area (Å²) >= 11 is 0. The van der Waals surface area contributed by atoms with Crippen molar-refractivity contribution in [2.45, 2.75) is 102 Å². The molecule has 1 aliphatic heterocycles. The third-order valence-corrected chi connectivity index (χ3v) is 8.12. The number of rotatable bonds is 6. The van der Waals surface area contributed by atoms with E-state index in [-0.39, 0.29) is 5.91 Å². The Hall–Kier alpha value is -1.40. The molecule has 172 valence electrons. The molecule has 0 atom stereocenters. The Morgan fingerprint density at radius 3 is 2.03 bits per heavy atom. The molecule has 6 nitrogen and oxygen atoms in total. The molecule has 1 amide bonds. The van der Waals surface area contributed by atoms with Gasteiger partial charge in [0.05, 0.1) is 0 Å². The summed E-state index contributed by atoms with van der Waals surface area (Å²) in [6.07, 6.45) is 14.6. The maximum Gasteiger partial charge on any atom is 0.276 e. The molecule has 1 aromatic heterocycles. The van der Waals surface area contributed by atoms with Gasteiger partial charge < -0.3 is 14.3 Å². The van der Waals surface area contributed by atoms with E-state index in [0.717, 1.165) is 69.7 Å². The van der Waals surface area contributed by atoms with Crippen molar-refractivity contribution in [3.63, 3.8) is 0 Å². The van der Waals surface area contributed by atoms with Crippen LogP contribution in [-0.2, 0) is 6.54 Å². The first-order chi connectivity index (χ1) is 15.2. The largest absolute Gasteiger partial charge is 0.360 e. The summed E-state index contributed by atoms with van der Waals surface area (Å²) in [5.74, 6) is 1.66. The van der Waals surface area contributed by atoms with Gasteiger partial charge in [-0.3, -0.25) is 9.69 Å². The van der Waals surface area contributed by atoms with Crippen molar-refractivity contribution >= 4 is 5.91 Å². The van der Waals surface area contributed by atoms with E-state index in [0.29, 0.717) is 23.7 Å². The molecule has 4 fully saturated rings. The number of aromatic nitrogens is 1. The van der Waals surface area contributed by atoms with Gasteiger partial charge in [0, 0.05) is 56.3 Å². The fourth-order valence-electron chi connectivity index (χ4n) is 6.01. The van der Waals surface area contributed by atoms with Crippen LogP contribution in [0.25, 0.3) is 0 Å². The molecule has 0 radical (unpaired) electrons. The molecule has 0 spiro atoms. The molecule has 6 heteroatoms. The summed E-state index contributed by atoms with van der Waals surface area (Å²) in [7, 11) is 2.19. The van der Waals surface area contributed by atoms with Gasteiger partial charge in [-0.2, -0.15) is 0 Å². The Morgan fingerprint density at radius 2 is 1.48 bits per heavy atom. The third kappa shape index (κ3) is 4.85. The first-order valence-corrected chi connectivity index (χ1v) is 12.9. The Balaban J connectivity index is 1.41. The minimum absolute atomic E-state index is 0.165. The molecule has 3 aliphatic carbocycles. The lowest BCUT2D eigenvalue weighted by atomic mass is 9.88. The number of likely N-dealkylation sites (N-methyl/N-ethyl adjacent to an activating group) is 1. The molecule has 0 aromatic carbocycles. The standard InChI is InChI=1S/C25H40N4O2/c1-27-14-16-28(17-15-27)18-22-23(26-31-24(22)19-12-13-19)25(30)29(20-8-4-2-5-9-20)21-10-6-3-7-11-21/h19-21H,2-18H2,1H3. The minimum atomic E-state index is 0.165. The highest BCUT2D eigenvalue weighted by Gasteiger charge is 2.39. The van der Waals surface area contributed by atoms with Gasteiger partial charge >= 0.3 is 0 Å². The molecule has 2 heterocycles. The Morgan fingerprint density at radius 1 is 0.903 bits per heavy atom. The summed E-state index contributed by atoms with van der Waals surface area (Å²) < 4.78 is 5.89. The van der Waals surface area contributed by atoms with Crippen LogP contribution in [-0.4, -0.2) is 71.1 Å². The first kappa shape index (κ1) is 21.4. The lowest BCUT2D eigenvalue weighted by Gasteiger charge is -2.41. The average molecular weight is 429 g/mol. The highest BCUT2D eigenvalue weighted by atomic mass is 16.5. The van der Waals surface area contributed by atoms with Crippen molar-refractivity contribution in [1.29, 1.82) is 0 Å². The molecule has 0 bridgehead atoms. The summed E-state index contributed by atoms with van der Waals surface area (Å²) in [6, 6.07) is 0.781. The monoisotopic (exact) mass is 428 g/mol. The third-order valence-electron chi connectivity index (χ3n) is 8.12. The van der Waals surface area contributed by atoms with Gasteiger partial charge in [0.1, 0.15) is 5.76 Å². The van der Waals surface area contributed by atoms with E-state index in [1.165, 1.54) is 51.4 Å². The van der Waals surface area contributed by atoms with Crippen molar-refractivity contribution in [1.82, 2.24) is 19.9 Å². The van der Waals surface area contributed by atoms with Crippen molar-refractivity contribution in [3.8, 4) is 0 Å². The zero-order valence-corrected chi connectivity index (χ0v) is 19.4. The first-order valence-electron chi connectivity index (χ1n) is 12.9. The van der Waals surface area contributed by atoms with Crippen molar-refractivity contribution in [2.24, 2.45) is 0 Å². The van der Waals surface area contributed by atoms with E-state index in [2.05, 4.69) is 26.9 Å². The number of carbonyl (C=O) groups is 1. The lowest BCUT2D eigenvalue weighted by Crippen LogP contribution is -2.49. The fourth-order valence-corrected chi connectivity index (χ4v) is 6.01. The van der Waals surface area contributed by atoms with Crippen molar-refractivity contribution in [3.05, 3.63) is 17.0 Å². The van der Waals surface area contributed by atoms with Crippen LogP contribution in [0.2, 0.25) is 0 Å². The second-order valence-corrected chi connectivity index (χ2v) is 10.5. The smallest absolute Gasteiger partial charge is 0.276 e. The van der Waals surface area contributed by atoms with Crippen LogP contribution >= 0.6 is 0 Å². The van der Waals surface area contributed by atoms with Gasteiger partial charge in [-0.1, -0.05) is 43.7 Å². The highest BCUT2D eigenvalue weighted by Crippen LogP contribution is 2.43. The highest BCUT2D eigenvalue weighted by molar-refractivity contribution is 5.94. The van der Waals surface area contributed by atoms with Crippen molar-refractivity contribution in [2.75, 3.05) is 33.2 Å². The van der Waals surface area contributed by atoms with Gasteiger partial charge in [-0.25, -0.2) is 0 Å². The summed E-state index contributed by atoms with van der Waals surface area (Å²) in [5, 5.41) is 4.47. The predicted molar refractivity (Wildman–Crippen MR) is 121 cm³/mol. The number of nitrogens with zero attached hydrogens (tertiary/aromatic N) is 4. The van der Waals surface area contributed by atoms with Gasteiger partial charge in [-0.05, 0) is 45.6 Å². The number of amides is 1. The van der Waals surface area contributed by atoms with Crippen molar-refractivity contribution < 1.29 is 9.32 Å². The summed E-state index contributed by atoms with van der Waals surface area (Å²) in [6.45, 7) is 5.09. The van der Waals surface area contributed by atoms with Gasteiger partial charge in [0.2, 0.25) is 0 Å². The van der Waals surface area contributed by atoms with E-state index >= 15 is 0 Å². The quantitative estimate of drug-likeness (QED) is 0.672. The average Bonchev–Trinajstić information content (AvgIpc) is 3.57. The molecular formula is C25H40N4O2. The molecule has 5 rings (SSSR count). The minimum Gasteiger partial charge on any atom is -0.360 e. The van der Waals surface area contributed by atoms with Crippen LogP contribution in [0, 0.1) is 0 Å². The molecule has 4 aliphatic rings. The molecule has 31 heavy (non-hydrogen) atoms. The van der Waals surface area contributed by atoms with Crippen LogP contribution < -0.4 is 0 Å². The fraction of sp³-hybridized carbons (Fsp3) is 0.840. The van der Waals surface area contributed by atoms with Crippen LogP contribution in [0.4, 0.5) is 0 Å². The Labute approximate surface area is 187 Å². The zero-order valence-electron chi connectivity index (χ0n) is 19.4. The van der Waals surface area contributed by atoms with Crippen LogP contribution in [0.5, 0.6) is 0 Å². The van der Waals surface area contributed by atoms with E-state index in [9.17, 15) is 4.79 Å². The molecule has 3 saturated carbocycles. The maximum absolute atomic E-state index is 14.1. The number of carbonyl (C=O) groups excluding carboxylic acids is 1.